The first kappa shape index (κ1) is 32.8. The van der Waals surface area contributed by atoms with Crippen LogP contribution < -0.4 is 27.4 Å². The van der Waals surface area contributed by atoms with E-state index in [0.29, 0.717) is 12.0 Å². The summed E-state index contributed by atoms with van der Waals surface area (Å²) in [5, 5.41) is 35.3. The summed E-state index contributed by atoms with van der Waals surface area (Å²) in [5.74, 6) is -6.15. The third-order valence-corrected chi connectivity index (χ3v) is 6.14. The van der Waals surface area contributed by atoms with Gasteiger partial charge in [0.15, 0.2) is 0 Å². The quantitative estimate of drug-likeness (QED) is 0.117. The lowest BCUT2D eigenvalue weighted by Crippen LogP contribution is -2.58. The average Bonchev–Trinajstić information content (AvgIpc) is 2.87. The molecule has 0 saturated heterocycles. The van der Waals surface area contributed by atoms with Crippen molar-refractivity contribution in [3.8, 4) is 5.75 Å². The first-order valence-corrected chi connectivity index (χ1v) is 12.4. The molecule has 216 valence electrons. The molecule has 0 saturated carbocycles. The minimum absolute atomic E-state index is 0.0460. The standard InChI is InChI=1S/C25H37N5O9/c1-3-13(2)21(27)24(37)28-16(9-11-20(33)34)22(35)30-18(12-14-4-6-15(31)7-5-14)23(36)29-17(25(38)39)8-10-19(26)32/h4-7,13,16-18,21,31H,3,8-12,27H2,1-2H3,(H2,26,32)(H,28,37)(H,29,36)(H,30,35)(H,33,34)(H,38,39). The van der Waals surface area contributed by atoms with Crippen LogP contribution in [0.3, 0.4) is 0 Å². The van der Waals surface area contributed by atoms with Gasteiger partial charge in [0, 0.05) is 19.3 Å². The Balaban J connectivity index is 3.20. The fourth-order valence-electron chi connectivity index (χ4n) is 3.48. The lowest BCUT2D eigenvalue weighted by molar-refractivity contribution is -0.142. The summed E-state index contributed by atoms with van der Waals surface area (Å²) in [7, 11) is 0. The normalized spacial score (nSPS) is 14.6. The molecule has 1 aromatic carbocycles. The van der Waals surface area contributed by atoms with Gasteiger partial charge in [0.2, 0.25) is 23.6 Å². The van der Waals surface area contributed by atoms with Gasteiger partial charge in [0.25, 0.3) is 0 Å². The lowest BCUT2D eigenvalue weighted by atomic mass is 9.98. The van der Waals surface area contributed by atoms with Crippen LogP contribution in [0.5, 0.6) is 5.75 Å². The molecule has 1 rings (SSSR count). The van der Waals surface area contributed by atoms with E-state index in [4.69, 9.17) is 16.6 Å². The largest absolute Gasteiger partial charge is 0.508 e. The number of aromatic hydroxyl groups is 1. The summed E-state index contributed by atoms with van der Waals surface area (Å²) < 4.78 is 0. The molecule has 0 aliphatic heterocycles. The molecule has 0 radical (unpaired) electrons. The SMILES string of the molecule is CCC(C)C(N)C(=O)NC(CCC(=O)O)C(=O)NC(Cc1ccc(O)cc1)C(=O)NC(CCC(N)=O)C(=O)O. The van der Waals surface area contributed by atoms with E-state index in [1.54, 1.807) is 6.92 Å². The summed E-state index contributed by atoms with van der Waals surface area (Å²) in [6.07, 6.45) is -0.945. The number of primary amides is 1. The second-order valence-electron chi connectivity index (χ2n) is 9.24. The molecule has 5 unspecified atom stereocenters. The summed E-state index contributed by atoms with van der Waals surface area (Å²) in [6.45, 7) is 3.57. The molecule has 10 N–H and O–H groups in total. The minimum atomic E-state index is -1.49. The van der Waals surface area contributed by atoms with Crippen LogP contribution in [0.4, 0.5) is 0 Å². The van der Waals surface area contributed by atoms with Gasteiger partial charge < -0.3 is 42.7 Å². The van der Waals surface area contributed by atoms with Gasteiger partial charge in [-0.3, -0.25) is 24.0 Å². The number of rotatable bonds is 17. The first-order valence-electron chi connectivity index (χ1n) is 12.4. The first-order chi connectivity index (χ1) is 18.2. The number of amides is 4. The zero-order chi connectivity index (χ0) is 29.7. The van der Waals surface area contributed by atoms with Gasteiger partial charge in [0.05, 0.1) is 6.04 Å². The fraction of sp³-hybridized carbons (Fsp3) is 0.520. The van der Waals surface area contributed by atoms with Gasteiger partial charge in [-0.25, -0.2) is 4.79 Å². The Kier molecular flexibility index (Phi) is 13.4. The number of phenolic OH excluding ortho intramolecular Hbond substituents is 1. The zero-order valence-corrected chi connectivity index (χ0v) is 21.9. The Morgan fingerprint density at radius 3 is 1.85 bits per heavy atom. The van der Waals surface area contributed by atoms with E-state index in [-0.39, 0.29) is 37.4 Å². The van der Waals surface area contributed by atoms with E-state index < -0.39 is 66.2 Å². The Morgan fingerprint density at radius 1 is 0.821 bits per heavy atom. The van der Waals surface area contributed by atoms with Gasteiger partial charge in [0.1, 0.15) is 23.9 Å². The fourth-order valence-corrected chi connectivity index (χ4v) is 3.48. The number of carboxylic acids is 2. The number of carbonyl (C=O) groups is 6. The second-order valence-corrected chi connectivity index (χ2v) is 9.24. The number of aliphatic carboxylic acids is 2. The van der Waals surface area contributed by atoms with Crippen molar-refractivity contribution in [2.75, 3.05) is 0 Å². The zero-order valence-electron chi connectivity index (χ0n) is 21.9. The van der Waals surface area contributed by atoms with Crippen LogP contribution in [0.1, 0.15) is 51.5 Å². The molecule has 39 heavy (non-hydrogen) atoms. The highest BCUT2D eigenvalue weighted by atomic mass is 16.4. The molecule has 0 fully saturated rings. The molecule has 4 amide bonds. The Morgan fingerprint density at radius 2 is 1.33 bits per heavy atom. The maximum Gasteiger partial charge on any atom is 0.326 e. The number of hydrogen-bond acceptors (Lipinski definition) is 8. The topological polar surface area (TPSA) is 251 Å². The summed E-state index contributed by atoms with van der Waals surface area (Å²) in [5.41, 5.74) is 11.5. The van der Waals surface area contributed by atoms with Crippen LogP contribution in [0.15, 0.2) is 24.3 Å². The van der Waals surface area contributed by atoms with Gasteiger partial charge >= 0.3 is 11.9 Å². The summed E-state index contributed by atoms with van der Waals surface area (Å²) in [6, 6.07) is 0.495. The smallest absolute Gasteiger partial charge is 0.326 e. The Labute approximate surface area is 225 Å². The van der Waals surface area contributed by atoms with Crippen molar-refractivity contribution in [3.63, 3.8) is 0 Å². The van der Waals surface area contributed by atoms with Gasteiger partial charge in [-0.1, -0.05) is 32.4 Å². The predicted octanol–water partition coefficient (Wildman–Crippen LogP) is -1.02. The number of carbonyl (C=O) groups excluding carboxylic acids is 4. The third kappa shape index (κ3) is 11.8. The number of nitrogens with two attached hydrogens (primary N) is 2. The molecule has 0 spiro atoms. The van der Waals surface area contributed by atoms with E-state index in [1.165, 1.54) is 24.3 Å². The molecule has 14 nitrogen and oxygen atoms in total. The number of hydrogen-bond donors (Lipinski definition) is 8. The second kappa shape index (κ2) is 15.9. The van der Waals surface area contributed by atoms with Crippen molar-refractivity contribution >= 4 is 35.6 Å². The van der Waals surface area contributed by atoms with E-state index in [9.17, 15) is 39.0 Å². The van der Waals surface area contributed by atoms with Crippen molar-refractivity contribution in [2.24, 2.45) is 17.4 Å². The maximum atomic E-state index is 13.2. The van der Waals surface area contributed by atoms with Crippen LogP contribution in [-0.2, 0) is 35.2 Å². The van der Waals surface area contributed by atoms with Crippen LogP contribution in [0.2, 0.25) is 0 Å². The molecular weight excluding hydrogens is 514 g/mol. The molecule has 0 bridgehead atoms. The van der Waals surface area contributed by atoms with Crippen molar-refractivity contribution < 1.29 is 44.1 Å². The van der Waals surface area contributed by atoms with E-state index in [1.807, 2.05) is 6.92 Å². The highest BCUT2D eigenvalue weighted by Crippen LogP contribution is 2.13. The van der Waals surface area contributed by atoms with Crippen LogP contribution in [0, 0.1) is 5.92 Å². The Bertz CT molecular complexity index is 1030. The molecule has 14 heteroatoms. The van der Waals surface area contributed by atoms with E-state index in [2.05, 4.69) is 16.0 Å². The summed E-state index contributed by atoms with van der Waals surface area (Å²) >= 11 is 0. The minimum Gasteiger partial charge on any atom is -0.508 e. The molecule has 0 heterocycles. The van der Waals surface area contributed by atoms with Gasteiger partial charge in [-0.05, 0) is 36.5 Å². The van der Waals surface area contributed by atoms with Gasteiger partial charge in [-0.15, -0.1) is 0 Å². The molecule has 0 aliphatic rings. The van der Waals surface area contributed by atoms with Crippen LogP contribution in [-0.4, -0.2) is 75.1 Å². The number of phenols is 1. The molecule has 5 atom stereocenters. The highest BCUT2D eigenvalue weighted by Gasteiger charge is 2.31. The predicted molar refractivity (Wildman–Crippen MR) is 138 cm³/mol. The number of nitrogens with one attached hydrogen (secondary N) is 3. The third-order valence-electron chi connectivity index (χ3n) is 6.14. The monoisotopic (exact) mass is 551 g/mol. The number of benzene rings is 1. The van der Waals surface area contributed by atoms with Crippen LogP contribution >= 0.6 is 0 Å². The number of carboxylic acid groups (broad SMARTS) is 2. The van der Waals surface area contributed by atoms with E-state index >= 15 is 0 Å². The molecule has 0 aromatic heterocycles. The summed E-state index contributed by atoms with van der Waals surface area (Å²) in [4.78, 5) is 72.8. The average molecular weight is 552 g/mol. The molecule has 0 aliphatic carbocycles. The van der Waals surface area contributed by atoms with Crippen molar-refractivity contribution in [1.29, 1.82) is 0 Å². The van der Waals surface area contributed by atoms with Crippen LogP contribution in [0.25, 0.3) is 0 Å². The van der Waals surface area contributed by atoms with Crippen molar-refractivity contribution in [3.05, 3.63) is 29.8 Å². The maximum absolute atomic E-state index is 13.2. The van der Waals surface area contributed by atoms with Crippen molar-refractivity contribution in [1.82, 2.24) is 16.0 Å². The van der Waals surface area contributed by atoms with Gasteiger partial charge in [-0.2, -0.15) is 0 Å². The molecular formula is C25H37N5O9. The lowest BCUT2D eigenvalue weighted by Gasteiger charge is -2.26. The Hall–Kier alpha value is -4.20. The van der Waals surface area contributed by atoms with E-state index in [0.717, 1.165) is 0 Å². The molecule has 1 aromatic rings. The van der Waals surface area contributed by atoms with Crippen molar-refractivity contribution in [2.45, 2.75) is 76.5 Å². The highest BCUT2D eigenvalue weighted by molar-refractivity contribution is 5.94.